The summed E-state index contributed by atoms with van der Waals surface area (Å²) in [4.78, 5) is 13.7. The molecule has 1 saturated heterocycles. The normalized spacial score (nSPS) is 19.6. The molecule has 2 rings (SSSR count). The van der Waals surface area contributed by atoms with Crippen molar-refractivity contribution in [2.45, 2.75) is 6.42 Å². The van der Waals surface area contributed by atoms with Gasteiger partial charge in [0.2, 0.25) is 0 Å². The molecule has 1 unspecified atom stereocenters. The van der Waals surface area contributed by atoms with Crippen LogP contribution in [0.3, 0.4) is 0 Å². The van der Waals surface area contributed by atoms with Crippen LogP contribution < -0.4 is 0 Å². The van der Waals surface area contributed by atoms with Crippen LogP contribution in [0.1, 0.15) is 16.8 Å². The molecule has 1 aliphatic rings. The SMILES string of the molecule is O=C(c1c(O)cccc1O)N1CCC(CCl)C1. The van der Waals surface area contributed by atoms with Crippen molar-refractivity contribution in [1.29, 1.82) is 0 Å². The first-order chi connectivity index (χ1) is 8.13. The first-order valence-corrected chi connectivity index (χ1v) is 6.03. The topological polar surface area (TPSA) is 60.8 Å². The van der Waals surface area contributed by atoms with E-state index in [1.807, 2.05) is 0 Å². The highest BCUT2D eigenvalue weighted by molar-refractivity contribution is 6.18. The molecular formula is C12H14ClNO3. The van der Waals surface area contributed by atoms with Gasteiger partial charge in [0.15, 0.2) is 0 Å². The summed E-state index contributed by atoms with van der Waals surface area (Å²) in [6, 6.07) is 4.27. The van der Waals surface area contributed by atoms with Gasteiger partial charge in [0.05, 0.1) is 0 Å². The second-order valence-corrected chi connectivity index (χ2v) is 4.54. The van der Waals surface area contributed by atoms with Gasteiger partial charge in [0.25, 0.3) is 5.91 Å². The molecule has 4 nitrogen and oxygen atoms in total. The number of carbonyl (C=O) groups is 1. The summed E-state index contributed by atoms with van der Waals surface area (Å²) in [7, 11) is 0. The van der Waals surface area contributed by atoms with E-state index >= 15 is 0 Å². The van der Waals surface area contributed by atoms with Crippen molar-refractivity contribution < 1.29 is 15.0 Å². The van der Waals surface area contributed by atoms with E-state index in [2.05, 4.69) is 0 Å². The van der Waals surface area contributed by atoms with E-state index in [4.69, 9.17) is 11.6 Å². The fraction of sp³-hybridized carbons (Fsp3) is 0.417. The standard InChI is InChI=1S/C12H14ClNO3/c13-6-8-4-5-14(7-8)12(17)11-9(15)2-1-3-10(11)16/h1-3,8,15-16H,4-7H2. The summed E-state index contributed by atoms with van der Waals surface area (Å²) in [6.07, 6.45) is 0.865. The third-order valence-electron chi connectivity index (χ3n) is 3.03. The molecule has 0 saturated carbocycles. The second-order valence-electron chi connectivity index (χ2n) is 4.23. The van der Waals surface area contributed by atoms with Gasteiger partial charge < -0.3 is 15.1 Å². The Morgan fingerprint density at radius 3 is 2.59 bits per heavy atom. The summed E-state index contributed by atoms with van der Waals surface area (Å²) in [6.45, 7) is 1.19. The fourth-order valence-electron chi connectivity index (χ4n) is 2.05. The first kappa shape index (κ1) is 12.0. The van der Waals surface area contributed by atoms with Gasteiger partial charge in [-0.05, 0) is 24.5 Å². The minimum Gasteiger partial charge on any atom is -0.507 e. The van der Waals surface area contributed by atoms with E-state index in [-0.39, 0.29) is 23.0 Å². The molecular weight excluding hydrogens is 242 g/mol. The lowest BCUT2D eigenvalue weighted by molar-refractivity contribution is 0.0782. The van der Waals surface area contributed by atoms with E-state index in [1.54, 1.807) is 4.90 Å². The first-order valence-electron chi connectivity index (χ1n) is 5.49. The number of nitrogens with zero attached hydrogens (tertiary/aromatic N) is 1. The van der Waals surface area contributed by atoms with Gasteiger partial charge >= 0.3 is 0 Å². The summed E-state index contributed by atoms with van der Waals surface area (Å²) in [5, 5.41) is 19.2. The van der Waals surface area contributed by atoms with Gasteiger partial charge in [-0.2, -0.15) is 0 Å². The third-order valence-corrected chi connectivity index (χ3v) is 3.46. The second kappa shape index (κ2) is 4.84. The Balaban J connectivity index is 2.21. The molecule has 0 aromatic heterocycles. The molecule has 1 aromatic carbocycles. The zero-order chi connectivity index (χ0) is 12.4. The van der Waals surface area contributed by atoms with Gasteiger partial charge in [0, 0.05) is 19.0 Å². The average molecular weight is 256 g/mol. The molecule has 1 amide bonds. The van der Waals surface area contributed by atoms with Gasteiger partial charge in [-0.15, -0.1) is 11.6 Å². The molecule has 0 bridgehead atoms. The molecule has 5 heteroatoms. The van der Waals surface area contributed by atoms with Crippen LogP contribution in [0.4, 0.5) is 0 Å². The van der Waals surface area contributed by atoms with Crippen LogP contribution in [0.2, 0.25) is 0 Å². The van der Waals surface area contributed by atoms with Crippen LogP contribution in [-0.2, 0) is 0 Å². The number of hydrogen-bond acceptors (Lipinski definition) is 3. The maximum atomic E-state index is 12.1. The van der Waals surface area contributed by atoms with Crippen molar-refractivity contribution in [2.75, 3.05) is 19.0 Å². The Morgan fingerprint density at radius 1 is 1.41 bits per heavy atom. The van der Waals surface area contributed by atoms with Crippen molar-refractivity contribution in [1.82, 2.24) is 4.90 Å². The lowest BCUT2D eigenvalue weighted by Gasteiger charge is -2.17. The molecule has 92 valence electrons. The van der Waals surface area contributed by atoms with Crippen molar-refractivity contribution in [3.05, 3.63) is 23.8 Å². The van der Waals surface area contributed by atoms with Crippen molar-refractivity contribution in [3.8, 4) is 11.5 Å². The fourth-order valence-corrected chi connectivity index (χ4v) is 2.30. The van der Waals surface area contributed by atoms with E-state index in [9.17, 15) is 15.0 Å². The van der Waals surface area contributed by atoms with Crippen LogP contribution in [0.15, 0.2) is 18.2 Å². The van der Waals surface area contributed by atoms with Gasteiger partial charge in [0.1, 0.15) is 17.1 Å². The number of rotatable bonds is 2. The Hall–Kier alpha value is -1.42. The maximum Gasteiger partial charge on any atom is 0.261 e. The molecule has 1 aromatic rings. The number of aromatic hydroxyl groups is 2. The lowest BCUT2D eigenvalue weighted by atomic mass is 10.1. The summed E-state index contributed by atoms with van der Waals surface area (Å²) >= 11 is 5.75. The summed E-state index contributed by atoms with van der Waals surface area (Å²) in [5.74, 6) is 0.103. The number of likely N-dealkylation sites (tertiary alicyclic amines) is 1. The summed E-state index contributed by atoms with van der Waals surface area (Å²) in [5.41, 5.74) is -0.0253. The highest BCUT2D eigenvalue weighted by Crippen LogP contribution is 2.29. The predicted molar refractivity (Wildman–Crippen MR) is 64.5 cm³/mol. The number of carbonyl (C=O) groups excluding carboxylic acids is 1. The number of halogens is 1. The van der Waals surface area contributed by atoms with E-state index in [0.29, 0.717) is 24.9 Å². The van der Waals surface area contributed by atoms with E-state index in [0.717, 1.165) is 6.42 Å². The molecule has 1 heterocycles. The van der Waals surface area contributed by atoms with Crippen molar-refractivity contribution in [2.24, 2.45) is 5.92 Å². The smallest absolute Gasteiger partial charge is 0.261 e. The number of alkyl halides is 1. The zero-order valence-electron chi connectivity index (χ0n) is 9.27. The summed E-state index contributed by atoms with van der Waals surface area (Å²) < 4.78 is 0. The Labute approximate surface area is 104 Å². The quantitative estimate of drug-likeness (QED) is 0.793. The Morgan fingerprint density at radius 2 is 2.06 bits per heavy atom. The molecule has 0 spiro atoms. The highest BCUT2D eigenvalue weighted by Gasteiger charge is 2.29. The molecule has 2 N–H and O–H groups in total. The van der Waals surface area contributed by atoms with E-state index in [1.165, 1.54) is 18.2 Å². The Bertz CT molecular complexity index is 416. The minimum atomic E-state index is -0.340. The number of hydrogen-bond donors (Lipinski definition) is 2. The van der Waals surface area contributed by atoms with Crippen LogP contribution >= 0.6 is 11.6 Å². The van der Waals surface area contributed by atoms with Crippen LogP contribution in [0.5, 0.6) is 11.5 Å². The van der Waals surface area contributed by atoms with Gasteiger partial charge in [-0.3, -0.25) is 4.79 Å². The predicted octanol–water partition coefficient (Wildman–Crippen LogP) is 1.80. The van der Waals surface area contributed by atoms with Gasteiger partial charge in [-0.25, -0.2) is 0 Å². The molecule has 1 aliphatic heterocycles. The number of benzene rings is 1. The number of amides is 1. The maximum absolute atomic E-state index is 12.1. The highest BCUT2D eigenvalue weighted by atomic mass is 35.5. The molecule has 17 heavy (non-hydrogen) atoms. The molecule has 1 atom stereocenters. The third kappa shape index (κ3) is 2.31. The lowest BCUT2D eigenvalue weighted by Crippen LogP contribution is -2.29. The van der Waals surface area contributed by atoms with Crippen LogP contribution in [-0.4, -0.2) is 40.0 Å². The number of phenolic OH excluding ortho intramolecular Hbond substituents is 2. The van der Waals surface area contributed by atoms with Crippen LogP contribution in [0, 0.1) is 5.92 Å². The average Bonchev–Trinajstić information content (AvgIpc) is 2.77. The van der Waals surface area contributed by atoms with E-state index < -0.39 is 0 Å². The molecule has 1 fully saturated rings. The van der Waals surface area contributed by atoms with Crippen molar-refractivity contribution >= 4 is 17.5 Å². The minimum absolute atomic E-state index is 0.0253. The Kier molecular flexibility index (Phi) is 3.43. The van der Waals surface area contributed by atoms with Crippen LogP contribution in [0.25, 0.3) is 0 Å². The monoisotopic (exact) mass is 255 g/mol. The number of phenols is 2. The van der Waals surface area contributed by atoms with Gasteiger partial charge in [-0.1, -0.05) is 6.07 Å². The van der Waals surface area contributed by atoms with Crippen molar-refractivity contribution in [3.63, 3.8) is 0 Å². The molecule has 0 aliphatic carbocycles. The zero-order valence-corrected chi connectivity index (χ0v) is 10.0. The largest absolute Gasteiger partial charge is 0.507 e. The molecule has 0 radical (unpaired) electrons.